The van der Waals surface area contributed by atoms with Crippen molar-refractivity contribution in [2.45, 2.75) is 39.4 Å². The molecule has 19 heavy (non-hydrogen) atoms. The van der Waals surface area contributed by atoms with Crippen LogP contribution in [0, 0.1) is 0 Å². The first-order chi connectivity index (χ1) is 8.97. The molecular formula is C14H19BrN4. The summed E-state index contributed by atoms with van der Waals surface area (Å²) >= 11 is 3.54. The molecule has 2 rings (SSSR count). The minimum atomic E-state index is -0.0201. The summed E-state index contributed by atoms with van der Waals surface area (Å²) in [7, 11) is 0. The van der Waals surface area contributed by atoms with Gasteiger partial charge in [0.15, 0.2) is 0 Å². The van der Waals surface area contributed by atoms with Gasteiger partial charge >= 0.3 is 0 Å². The lowest BCUT2D eigenvalue weighted by atomic mass is 10.1. The smallest absolute Gasteiger partial charge is 0.0965 e. The normalized spacial score (nSPS) is 11.8. The van der Waals surface area contributed by atoms with Gasteiger partial charge in [-0.3, -0.25) is 0 Å². The van der Waals surface area contributed by atoms with Crippen LogP contribution in [0.2, 0.25) is 0 Å². The highest BCUT2D eigenvalue weighted by Crippen LogP contribution is 2.15. The number of aromatic nitrogens is 3. The Balaban J connectivity index is 1.90. The molecule has 0 bridgehead atoms. The fourth-order valence-corrected chi connectivity index (χ4v) is 2.10. The van der Waals surface area contributed by atoms with Crippen molar-refractivity contribution in [3.05, 3.63) is 46.2 Å². The van der Waals surface area contributed by atoms with E-state index in [2.05, 4.69) is 58.4 Å². The number of nitrogens with zero attached hydrogens (tertiary/aromatic N) is 3. The van der Waals surface area contributed by atoms with E-state index in [1.807, 2.05) is 29.1 Å². The Morgan fingerprint density at radius 3 is 2.58 bits per heavy atom. The molecule has 1 N–H and O–H groups in total. The van der Waals surface area contributed by atoms with E-state index in [1.54, 1.807) is 0 Å². The summed E-state index contributed by atoms with van der Waals surface area (Å²) in [6.07, 6.45) is 1.99. The molecule has 102 valence electrons. The zero-order valence-corrected chi connectivity index (χ0v) is 13.1. The van der Waals surface area contributed by atoms with Crippen LogP contribution in [0.4, 0.5) is 0 Å². The average molecular weight is 323 g/mol. The van der Waals surface area contributed by atoms with Gasteiger partial charge < -0.3 is 5.32 Å². The predicted molar refractivity (Wildman–Crippen MR) is 79.7 cm³/mol. The molecule has 0 unspecified atom stereocenters. The molecule has 1 aromatic carbocycles. The number of nitrogens with one attached hydrogen (secondary N) is 1. The summed E-state index contributed by atoms with van der Waals surface area (Å²) in [5.74, 6) is 0. The maximum Gasteiger partial charge on any atom is 0.0965 e. The summed E-state index contributed by atoms with van der Waals surface area (Å²) in [6.45, 7) is 7.86. The predicted octanol–water partition coefficient (Wildman–Crippen LogP) is 3.09. The van der Waals surface area contributed by atoms with Crippen LogP contribution in [0.1, 0.15) is 32.0 Å². The SMILES string of the molecule is CC(C)(C)n1cc(CNCc2ccccc2Br)nn1. The Morgan fingerprint density at radius 1 is 1.21 bits per heavy atom. The molecule has 0 atom stereocenters. The standard InChI is InChI=1S/C14H19BrN4/c1-14(2,3)19-10-12(17-18-19)9-16-8-11-6-4-5-7-13(11)15/h4-7,10,16H,8-9H2,1-3H3. The van der Waals surface area contributed by atoms with E-state index < -0.39 is 0 Å². The Bertz CT molecular complexity index is 542. The van der Waals surface area contributed by atoms with Crippen LogP contribution in [-0.2, 0) is 18.6 Å². The number of hydrogen-bond donors (Lipinski definition) is 1. The Kier molecular flexibility index (Phi) is 4.37. The fourth-order valence-electron chi connectivity index (χ4n) is 1.67. The molecule has 0 spiro atoms. The molecule has 0 aliphatic carbocycles. The minimum absolute atomic E-state index is 0.0201. The van der Waals surface area contributed by atoms with Crippen molar-refractivity contribution in [2.24, 2.45) is 0 Å². The van der Waals surface area contributed by atoms with Gasteiger partial charge in [-0.25, -0.2) is 4.68 Å². The van der Waals surface area contributed by atoms with Crippen LogP contribution in [0.5, 0.6) is 0 Å². The van der Waals surface area contributed by atoms with Crippen LogP contribution in [-0.4, -0.2) is 15.0 Å². The summed E-state index contributed by atoms with van der Waals surface area (Å²) in [4.78, 5) is 0. The maximum atomic E-state index is 4.18. The lowest BCUT2D eigenvalue weighted by Gasteiger charge is -2.17. The lowest BCUT2D eigenvalue weighted by molar-refractivity contribution is 0.347. The second kappa shape index (κ2) is 5.84. The van der Waals surface area contributed by atoms with Crippen molar-refractivity contribution in [2.75, 3.05) is 0 Å². The van der Waals surface area contributed by atoms with E-state index in [4.69, 9.17) is 0 Å². The highest BCUT2D eigenvalue weighted by atomic mass is 79.9. The molecule has 0 saturated carbocycles. The minimum Gasteiger partial charge on any atom is -0.307 e. The highest BCUT2D eigenvalue weighted by Gasteiger charge is 2.14. The average Bonchev–Trinajstić information content (AvgIpc) is 2.80. The van der Waals surface area contributed by atoms with E-state index in [9.17, 15) is 0 Å². The van der Waals surface area contributed by atoms with Gasteiger partial charge in [-0.1, -0.05) is 39.3 Å². The highest BCUT2D eigenvalue weighted by molar-refractivity contribution is 9.10. The fraction of sp³-hybridized carbons (Fsp3) is 0.429. The van der Waals surface area contributed by atoms with E-state index >= 15 is 0 Å². The van der Waals surface area contributed by atoms with Gasteiger partial charge in [0.05, 0.1) is 17.4 Å². The summed E-state index contributed by atoms with van der Waals surface area (Å²) < 4.78 is 3.02. The topological polar surface area (TPSA) is 42.7 Å². The number of rotatable bonds is 4. The monoisotopic (exact) mass is 322 g/mol. The summed E-state index contributed by atoms with van der Waals surface area (Å²) in [5, 5.41) is 11.7. The van der Waals surface area contributed by atoms with Crippen LogP contribution in [0.25, 0.3) is 0 Å². The molecule has 0 aliphatic heterocycles. The van der Waals surface area contributed by atoms with Gasteiger partial charge in [0.25, 0.3) is 0 Å². The molecule has 0 fully saturated rings. The van der Waals surface area contributed by atoms with Gasteiger partial charge in [0.2, 0.25) is 0 Å². The molecule has 0 amide bonds. The zero-order chi connectivity index (χ0) is 13.9. The van der Waals surface area contributed by atoms with Gasteiger partial charge in [-0.15, -0.1) is 5.10 Å². The molecule has 0 saturated heterocycles. The van der Waals surface area contributed by atoms with Crippen molar-refractivity contribution in [1.29, 1.82) is 0 Å². The third kappa shape index (κ3) is 3.88. The van der Waals surface area contributed by atoms with E-state index in [0.29, 0.717) is 0 Å². The van der Waals surface area contributed by atoms with Crippen LogP contribution < -0.4 is 5.32 Å². The van der Waals surface area contributed by atoms with Gasteiger partial charge in [-0.2, -0.15) is 0 Å². The Morgan fingerprint density at radius 2 is 1.95 bits per heavy atom. The third-order valence-corrected chi connectivity index (χ3v) is 3.58. The van der Waals surface area contributed by atoms with Crippen LogP contribution in [0.15, 0.2) is 34.9 Å². The quantitative estimate of drug-likeness (QED) is 0.940. The molecule has 4 nitrogen and oxygen atoms in total. The number of halogens is 1. The van der Waals surface area contributed by atoms with Crippen molar-refractivity contribution in [1.82, 2.24) is 20.3 Å². The Hall–Kier alpha value is -1.20. The number of hydrogen-bond acceptors (Lipinski definition) is 3. The third-order valence-electron chi connectivity index (χ3n) is 2.81. The van der Waals surface area contributed by atoms with Crippen molar-refractivity contribution in [3.8, 4) is 0 Å². The second-order valence-corrected chi connectivity index (χ2v) is 6.37. The van der Waals surface area contributed by atoms with Gasteiger partial charge in [0.1, 0.15) is 0 Å². The summed E-state index contributed by atoms with van der Waals surface area (Å²) in [6, 6.07) is 8.20. The van der Waals surface area contributed by atoms with Crippen LogP contribution >= 0.6 is 15.9 Å². The number of benzene rings is 1. The van der Waals surface area contributed by atoms with E-state index in [0.717, 1.165) is 23.3 Å². The molecule has 1 aromatic heterocycles. The molecule has 2 aromatic rings. The van der Waals surface area contributed by atoms with E-state index in [-0.39, 0.29) is 5.54 Å². The Labute approximate surface area is 122 Å². The van der Waals surface area contributed by atoms with Crippen molar-refractivity contribution >= 4 is 15.9 Å². The van der Waals surface area contributed by atoms with Crippen molar-refractivity contribution in [3.63, 3.8) is 0 Å². The second-order valence-electron chi connectivity index (χ2n) is 5.52. The van der Waals surface area contributed by atoms with Crippen LogP contribution in [0.3, 0.4) is 0 Å². The summed E-state index contributed by atoms with van der Waals surface area (Å²) in [5.41, 5.74) is 2.18. The first kappa shape index (κ1) is 14.2. The lowest BCUT2D eigenvalue weighted by Crippen LogP contribution is -2.22. The van der Waals surface area contributed by atoms with Gasteiger partial charge in [-0.05, 0) is 32.4 Å². The largest absolute Gasteiger partial charge is 0.307 e. The van der Waals surface area contributed by atoms with Gasteiger partial charge in [0, 0.05) is 17.6 Å². The molecule has 1 heterocycles. The maximum absolute atomic E-state index is 4.18. The van der Waals surface area contributed by atoms with Crippen molar-refractivity contribution < 1.29 is 0 Å². The molecule has 0 aliphatic rings. The molecule has 0 radical (unpaired) electrons. The zero-order valence-electron chi connectivity index (χ0n) is 11.5. The first-order valence-electron chi connectivity index (χ1n) is 6.32. The molecule has 5 heteroatoms. The first-order valence-corrected chi connectivity index (χ1v) is 7.12. The van der Waals surface area contributed by atoms with E-state index in [1.165, 1.54) is 5.56 Å². The molecular weight excluding hydrogens is 304 g/mol.